The van der Waals surface area contributed by atoms with E-state index < -0.39 is 0 Å². The molecule has 3 rings (SSSR count). The van der Waals surface area contributed by atoms with Gasteiger partial charge in [-0.3, -0.25) is 9.59 Å². The fourth-order valence-electron chi connectivity index (χ4n) is 3.04. The van der Waals surface area contributed by atoms with E-state index in [1.807, 2.05) is 0 Å². The first kappa shape index (κ1) is 16.6. The maximum absolute atomic E-state index is 12.6. The zero-order chi connectivity index (χ0) is 16.6. The van der Waals surface area contributed by atoms with Gasteiger partial charge in [0.05, 0.1) is 41.6 Å². The molecule has 2 heterocycles. The van der Waals surface area contributed by atoms with Crippen molar-refractivity contribution in [2.24, 2.45) is 5.92 Å². The van der Waals surface area contributed by atoms with Crippen molar-refractivity contribution in [2.75, 3.05) is 33.4 Å². The van der Waals surface area contributed by atoms with Crippen LogP contribution in [0.1, 0.15) is 5.56 Å². The number of ether oxygens (including phenoxy) is 1. The third kappa shape index (κ3) is 3.47. The maximum Gasteiger partial charge on any atom is 0.229 e. The van der Waals surface area contributed by atoms with Crippen LogP contribution in [0, 0.1) is 5.92 Å². The molecular weight excluding hydrogens is 339 g/mol. The van der Waals surface area contributed by atoms with Gasteiger partial charge in [-0.25, -0.2) is 0 Å². The number of nitrogens with zero attached hydrogens (tertiary/aromatic N) is 2. The summed E-state index contributed by atoms with van der Waals surface area (Å²) in [5.41, 5.74) is 0.815. The summed E-state index contributed by atoms with van der Waals surface area (Å²) in [7, 11) is 1.78. The topological polar surface area (TPSA) is 49.9 Å². The van der Waals surface area contributed by atoms with Crippen molar-refractivity contribution >= 4 is 35.0 Å². The standard InChI is InChI=1S/C16H18Cl2N2O3/c1-19-12-7-20(6-11(16(19)22)8-23-9-12)15(21)5-10-2-3-13(17)14(18)4-10/h2-4,11-12H,5-9H2,1H3/t11-,12+/m1/s1. The van der Waals surface area contributed by atoms with Crippen LogP contribution in [0.25, 0.3) is 0 Å². The summed E-state index contributed by atoms with van der Waals surface area (Å²) < 4.78 is 5.55. The van der Waals surface area contributed by atoms with Gasteiger partial charge in [0.1, 0.15) is 0 Å². The zero-order valence-electron chi connectivity index (χ0n) is 12.8. The number of amides is 2. The van der Waals surface area contributed by atoms with Gasteiger partial charge < -0.3 is 14.5 Å². The molecule has 0 N–H and O–H groups in total. The van der Waals surface area contributed by atoms with E-state index in [0.717, 1.165) is 5.56 Å². The van der Waals surface area contributed by atoms with Gasteiger partial charge >= 0.3 is 0 Å². The Morgan fingerprint density at radius 1 is 1.26 bits per heavy atom. The smallest absolute Gasteiger partial charge is 0.229 e. The molecular formula is C16H18Cl2N2O3. The molecule has 1 aromatic carbocycles. The molecule has 23 heavy (non-hydrogen) atoms. The molecule has 1 aromatic rings. The summed E-state index contributed by atoms with van der Waals surface area (Å²) in [6.45, 7) is 1.74. The molecule has 2 atom stereocenters. The van der Waals surface area contributed by atoms with Gasteiger partial charge in [0.15, 0.2) is 0 Å². The molecule has 2 aliphatic heterocycles. The molecule has 0 aliphatic carbocycles. The van der Waals surface area contributed by atoms with Crippen LogP contribution in [-0.4, -0.2) is 61.0 Å². The summed E-state index contributed by atoms with van der Waals surface area (Å²) in [5, 5.41) is 0.907. The van der Waals surface area contributed by atoms with Crippen LogP contribution in [-0.2, 0) is 20.7 Å². The highest BCUT2D eigenvalue weighted by Crippen LogP contribution is 2.24. The lowest BCUT2D eigenvalue weighted by molar-refractivity contribution is -0.134. The highest BCUT2D eigenvalue weighted by molar-refractivity contribution is 6.42. The van der Waals surface area contributed by atoms with Gasteiger partial charge in [-0.1, -0.05) is 29.3 Å². The van der Waals surface area contributed by atoms with Crippen molar-refractivity contribution in [2.45, 2.75) is 12.5 Å². The molecule has 0 unspecified atom stereocenters. The number of fused-ring (bicyclic) bond motifs is 3. The largest absolute Gasteiger partial charge is 0.378 e. The molecule has 2 fully saturated rings. The Hall–Kier alpha value is -1.30. The summed E-state index contributed by atoms with van der Waals surface area (Å²) in [4.78, 5) is 28.4. The monoisotopic (exact) mass is 356 g/mol. The number of benzene rings is 1. The molecule has 2 saturated heterocycles. The van der Waals surface area contributed by atoms with Gasteiger partial charge in [0, 0.05) is 20.1 Å². The second-order valence-electron chi connectivity index (χ2n) is 6.06. The Balaban J connectivity index is 1.74. The molecule has 0 aromatic heterocycles. The average Bonchev–Trinajstić information content (AvgIpc) is 2.69. The van der Waals surface area contributed by atoms with Crippen molar-refractivity contribution in [3.63, 3.8) is 0 Å². The summed E-state index contributed by atoms with van der Waals surface area (Å²) in [6, 6.07) is 5.11. The Bertz CT molecular complexity index is 638. The van der Waals surface area contributed by atoms with Crippen LogP contribution in [0.5, 0.6) is 0 Å². The molecule has 2 amide bonds. The number of hydrogen-bond donors (Lipinski definition) is 0. The molecule has 7 heteroatoms. The summed E-state index contributed by atoms with van der Waals surface area (Å²) in [5.74, 6) is -0.244. The van der Waals surface area contributed by atoms with Crippen LogP contribution in [0.3, 0.4) is 0 Å². The number of likely N-dealkylation sites (N-methyl/N-ethyl adjacent to an activating group) is 1. The normalized spacial score (nSPS) is 24.6. The third-order valence-electron chi connectivity index (χ3n) is 4.44. The lowest BCUT2D eigenvalue weighted by Gasteiger charge is -2.29. The van der Waals surface area contributed by atoms with E-state index in [1.54, 1.807) is 35.0 Å². The molecule has 2 bridgehead atoms. The summed E-state index contributed by atoms with van der Waals surface area (Å²) >= 11 is 11.9. The van der Waals surface area contributed by atoms with Crippen LogP contribution in [0.15, 0.2) is 18.2 Å². The first-order valence-electron chi connectivity index (χ1n) is 7.52. The average molecular weight is 357 g/mol. The minimum absolute atomic E-state index is 0.0108. The van der Waals surface area contributed by atoms with Crippen LogP contribution in [0.2, 0.25) is 10.0 Å². The Morgan fingerprint density at radius 2 is 2.04 bits per heavy atom. The second-order valence-corrected chi connectivity index (χ2v) is 6.88. The molecule has 0 spiro atoms. The molecule has 2 aliphatic rings. The van der Waals surface area contributed by atoms with E-state index in [1.165, 1.54) is 0 Å². The van der Waals surface area contributed by atoms with E-state index in [-0.39, 0.29) is 30.2 Å². The lowest BCUT2D eigenvalue weighted by atomic mass is 10.1. The highest BCUT2D eigenvalue weighted by Gasteiger charge is 2.38. The van der Waals surface area contributed by atoms with Crippen molar-refractivity contribution in [1.82, 2.24) is 9.80 Å². The van der Waals surface area contributed by atoms with Crippen molar-refractivity contribution < 1.29 is 14.3 Å². The number of carbonyl (C=O) groups is 2. The van der Waals surface area contributed by atoms with Crippen molar-refractivity contribution in [1.29, 1.82) is 0 Å². The first-order chi connectivity index (χ1) is 11.0. The molecule has 5 nitrogen and oxygen atoms in total. The zero-order valence-corrected chi connectivity index (χ0v) is 14.3. The maximum atomic E-state index is 12.6. The predicted molar refractivity (Wildman–Crippen MR) is 87.6 cm³/mol. The van der Waals surface area contributed by atoms with Gasteiger partial charge in [-0.15, -0.1) is 0 Å². The highest BCUT2D eigenvalue weighted by atomic mass is 35.5. The number of hydrogen-bond acceptors (Lipinski definition) is 3. The minimum atomic E-state index is -0.287. The Kier molecular flexibility index (Phi) is 4.80. The Morgan fingerprint density at radius 3 is 2.78 bits per heavy atom. The predicted octanol–water partition coefficient (Wildman–Crippen LogP) is 1.85. The first-order valence-corrected chi connectivity index (χ1v) is 8.27. The van der Waals surface area contributed by atoms with E-state index in [9.17, 15) is 9.59 Å². The lowest BCUT2D eigenvalue weighted by Crippen LogP contribution is -2.45. The molecule has 124 valence electrons. The SMILES string of the molecule is CN1C(=O)[C@H]2COC[C@@H]1CN(C(=O)Cc1ccc(Cl)c(Cl)c1)C2. The quantitative estimate of drug-likeness (QED) is 0.812. The number of halogens is 2. The molecule has 0 radical (unpaired) electrons. The number of rotatable bonds is 2. The van der Waals surface area contributed by atoms with Gasteiger partial charge in [0.25, 0.3) is 0 Å². The fourth-order valence-corrected chi connectivity index (χ4v) is 3.36. The minimum Gasteiger partial charge on any atom is -0.378 e. The molecule has 0 saturated carbocycles. The summed E-state index contributed by atoms with van der Waals surface area (Å²) in [6.07, 6.45) is 0.245. The number of carbonyl (C=O) groups excluding carboxylic acids is 2. The van der Waals surface area contributed by atoms with Gasteiger partial charge in [-0.05, 0) is 17.7 Å². The van der Waals surface area contributed by atoms with E-state index >= 15 is 0 Å². The third-order valence-corrected chi connectivity index (χ3v) is 5.18. The van der Waals surface area contributed by atoms with Crippen molar-refractivity contribution in [3.05, 3.63) is 33.8 Å². The second kappa shape index (κ2) is 6.67. The van der Waals surface area contributed by atoms with Crippen molar-refractivity contribution in [3.8, 4) is 0 Å². The van der Waals surface area contributed by atoms with E-state index in [0.29, 0.717) is 36.3 Å². The van der Waals surface area contributed by atoms with E-state index in [2.05, 4.69) is 0 Å². The van der Waals surface area contributed by atoms with E-state index in [4.69, 9.17) is 27.9 Å². The van der Waals surface area contributed by atoms with Crippen LogP contribution < -0.4 is 0 Å². The fraction of sp³-hybridized carbons (Fsp3) is 0.500. The van der Waals surface area contributed by atoms with Gasteiger partial charge in [-0.2, -0.15) is 0 Å². The van der Waals surface area contributed by atoms with Crippen LogP contribution >= 0.6 is 23.2 Å². The Labute approximate surface area is 145 Å². The van der Waals surface area contributed by atoms with Gasteiger partial charge in [0.2, 0.25) is 11.8 Å². The van der Waals surface area contributed by atoms with Crippen LogP contribution in [0.4, 0.5) is 0 Å².